The van der Waals surface area contributed by atoms with Crippen molar-refractivity contribution in [3.63, 3.8) is 0 Å². The lowest BCUT2D eigenvalue weighted by molar-refractivity contribution is 0.447. The summed E-state index contributed by atoms with van der Waals surface area (Å²) in [6.07, 6.45) is 2.36. The molecule has 0 saturated carbocycles. The molecule has 0 amide bonds. The van der Waals surface area contributed by atoms with E-state index in [1.165, 1.54) is 6.42 Å². The highest BCUT2D eigenvalue weighted by atomic mass is 14.1. The van der Waals surface area contributed by atoms with Crippen molar-refractivity contribution >= 4 is 0 Å². The molecule has 0 spiro atoms. The highest BCUT2D eigenvalue weighted by Crippen LogP contribution is 2.13. The average molecular weight is 166 g/mol. The van der Waals surface area contributed by atoms with Gasteiger partial charge in [0.1, 0.15) is 0 Å². The van der Waals surface area contributed by atoms with Gasteiger partial charge < -0.3 is 0 Å². The largest absolute Gasteiger partial charge is 0.103 e. The third-order valence-electron chi connectivity index (χ3n) is 1.72. The Morgan fingerprint density at radius 3 is 2.00 bits per heavy atom. The van der Waals surface area contributed by atoms with Crippen LogP contribution >= 0.6 is 0 Å². The van der Waals surface area contributed by atoms with Gasteiger partial charge in [-0.05, 0) is 18.3 Å². The van der Waals surface area contributed by atoms with E-state index < -0.39 is 0 Å². The monoisotopic (exact) mass is 166 g/mol. The minimum absolute atomic E-state index is 0.524. The number of hydrogen-bond donors (Lipinski definition) is 0. The highest BCUT2D eigenvalue weighted by molar-refractivity contribution is 5.01. The van der Waals surface area contributed by atoms with E-state index in [0.717, 1.165) is 18.3 Å². The average Bonchev–Trinajstić information content (AvgIpc) is 1.84. The zero-order chi connectivity index (χ0) is 9.56. The van der Waals surface area contributed by atoms with E-state index in [0.29, 0.717) is 5.92 Å². The van der Waals surface area contributed by atoms with Crippen molar-refractivity contribution in [3.05, 3.63) is 0 Å². The molecule has 0 saturated heterocycles. The van der Waals surface area contributed by atoms with Gasteiger partial charge in [-0.1, -0.05) is 34.6 Å². The molecule has 0 aliphatic heterocycles. The molecule has 0 N–H and O–H groups in total. The molecule has 0 heteroatoms. The van der Waals surface area contributed by atoms with E-state index in [-0.39, 0.29) is 0 Å². The summed E-state index contributed by atoms with van der Waals surface area (Å²) in [4.78, 5) is 0. The molecule has 0 unspecified atom stereocenters. The molecular weight excluding hydrogens is 144 g/mol. The molecule has 1 atom stereocenters. The molecule has 0 nitrogen and oxygen atoms in total. The molecule has 0 aromatic heterocycles. The Morgan fingerprint density at radius 1 is 1.00 bits per heavy atom. The van der Waals surface area contributed by atoms with Crippen molar-refractivity contribution in [2.45, 2.75) is 47.5 Å². The Labute approximate surface area is 77.8 Å². The first kappa shape index (κ1) is 11.6. The fraction of sp³-hybridized carbons (Fsp3) is 0.833. The summed E-state index contributed by atoms with van der Waals surface area (Å²) in [5.41, 5.74) is 0. The van der Waals surface area contributed by atoms with Gasteiger partial charge in [0.05, 0.1) is 0 Å². The van der Waals surface area contributed by atoms with Gasteiger partial charge in [-0.25, -0.2) is 0 Å². The van der Waals surface area contributed by atoms with Gasteiger partial charge >= 0.3 is 0 Å². The molecule has 0 bridgehead atoms. The van der Waals surface area contributed by atoms with Gasteiger partial charge in [0.15, 0.2) is 0 Å². The Morgan fingerprint density at radius 2 is 1.58 bits per heavy atom. The Bertz CT molecular complexity index is 155. The number of hydrogen-bond acceptors (Lipinski definition) is 0. The quantitative estimate of drug-likeness (QED) is 0.561. The van der Waals surface area contributed by atoms with Gasteiger partial charge in [-0.15, -0.1) is 11.8 Å². The summed E-state index contributed by atoms with van der Waals surface area (Å²) in [6, 6.07) is 0. The third kappa shape index (κ3) is 7.66. The fourth-order valence-electron chi connectivity index (χ4n) is 1.33. The maximum Gasteiger partial charge on any atom is 0.0146 e. The molecule has 12 heavy (non-hydrogen) atoms. The summed E-state index contributed by atoms with van der Waals surface area (Å²) < 4.78 is 0. The van der Waals surface area contributed by atoms with Gasteiger partial charge in [0.25, 0.3) is 0 Å². The van der Waals surface area contributed by atoms with Crippen molar-refractivity contribution in [2.75, 3.05) is 0 Å². The van der Waals surface area contributed by atoms with Crippen LogP contribution in [0.2, 0.25) is 0 Å². The van der Waals surface area contributed by atoms with E-state index in [2.05, 4.69) is 46.5 Å². The fourth-order valence-corrected chi connectivity index (χ4v) is 1.33. The maximum absolute atomic E-state index is 3.24. The Hall–Kier alpha value is -0.440. The van der Waals surface area contributed by atoms with Crippen LogP contribution in [0.15, 0.2) is 0 Å². The maximum atomic E-state index is 3.24. The second-order valence-corrected chi connectivity index (χ2v) is 4.41. The van der Waals surface area contributed by atoms with Crippen molar-refractivity contribution in [3.8, 4) is 11.8 Å². The smallest absolute Gasteiger partial charge is 0.0146 e. The highest BCUT2D eigenvalue weighted by Gasteiger charge is 2.02. The van der Waals surface area contributed by atoms with E-state index in [9.17, 15) is 0 Å². The lowest BCUT2D eigenvalue weighted by Gasteiger charge is -2.09. The van der Waals surface area contributed by atoms with Crippen LogP contribution in [0.1, 0.15) is 47.5 Å². The molecule has 0 rings (SSSR count). The van der Waals surface area contributed by atoms with Gasteiger partial charge in [-0.2, -0.15) is 0 Å². The van der Waals surface area contributed by atoms with Crippen LogP contribution in [-0.4, -0.2) is 0 Å². The lowest BCUT2D eigenvalue weighted by Crippen LogP contribution is -1.98. The summed E-state index contributed by atoms with van der Waals surface area (Å²) >= 11 is 0. The van der Waals surface area contributed by atoms with Crippen LogP contribution in [0.3, 0.4) is 0 Å². The topological polar surface area (TPSA) is 0 Å². The SMILES string of the molecule is CC(C)C#CC[C@@H](C)CC(C)C. The second-order valence-electron chi connectivity index (χ2n) is 4.41. The van der Waals surface area contributed by atoms with Gasteiger partial charge in [-0.3, -0.25) is 0 Å². The van der Waals surface area contributed by atoms with E-state index >= 15 is 0 Å². The Balaban J connectivity index is 3.58. The Kier molecular flexibility index (Phi) is 5.89. The van der Waals surface area contributed by atoms with Crippen molar-refractivity contribution < 1.29 is 0 Å². The third-order valence-corrected chi connectivity index (χ3v) is 1.72. The van der Waals surface area contributed by atoms with E-state index in [1.807, 2.05) is 0 Å². The first-order valence-electron chi connectivity index (χ1n) is 5.00. The summed E-state index contributed by atoms with van der Waals surface area (Å²) in [6.45, 7) is 11.1. The zero-order valence-electron chi connectivity index (χ0n) is 9.15. The van der Waals surface area contributed by atoms with Crippen molar-refractivity contribution in [2.24, 2.45) is 17.8 Å². The molecule has 70 valence electrons. The van der Waals surface area contributed by atoms with Crippen LogP contribution in [0.4, 0.5) is 0 Å². The van der Waals surface area contributed by atoms with Gasteiger partial charge in [0.2, 0.25) is 0 Å². The summed E-state index contributed by atoms with van der Waals surface area (Å²) in [5.74, 6) is 8.53. The van der Waals surface area contributed by atoms with Crippen LogP contribution < -0.4 is 0 Å². The number of rotatable bonds is 3. The molecule has 0 heterocycles. The van der Waals surface area contributed by atoms with Crippen LogP contribution in [0, 0.1) is 29.6 Å². The van der Waals surface area contributed by atoms with Crippen LogP contribution in [0.5, 0.6) is 0 Å². The van der Waals surface area contributed by atoms with Gasteiger partial charge in [0, 0.05) is 12.3 Å². The second kappa shape index (κ2) is 6.12. The van der Waals surface area contributed by atoms with Crippen LogP contribution in [0.25, 0.3) is 0 Å². The minimum atomic E-state index is 0.524. The van der Waals surface area contributed by atoms with Crippen molar-refractivity contribution in [1.82, 2.24) is 0 Å². The van der Waals surface area contributed by atoms with E-state index in [1.54, 1.807) is 0 Å². The first-order chi connectivity index (χ1) is 5.52. The molecule has 0 radical (unpaired) electrons. The first-order valence-corrected chi connectivity index (χ1v) is 5.00. The van der Waals surface area contributed by atoms with E-state index in [4.69, 9.17) is 0 Å². The molecule has 0 aliphatic rings. The minimum Gasteiger partial charge on any atom is -0.103 e. The normalized spacial score (nSPS) is 12.9. The summed E-state index contributed by atoms with van der Waals surface area (Å²) in [7, 11) is 0. The summed E-state index contributed by atoms with van der Waals surface area (Å²) in [5, 5.41) is 0. The molecule has 0 aromatic carbocycles. The van der Waals surface area contributed by atoms with Crippen LogP contribution in [-0.2, 0) is 0 Å². The zero-order valence-corrected chi connectivity index (χ0v) is 9.15. The molecule has 0 aromatic rings. The standard InChI is InChI=1S/C12H22/c1-10(2)7-6-8-12(5)9-11(3)4/h10-12H,8-9H2,1-5H3/t12-/m1/s1. The predicted molar refractivity (Wildman–Crippen MR) is 55.9 cm³/mol. The molecular formula is C12H22. The predicted octanol–water partition coefficient (Wildman–Crippen LogP) is 3.72. The lowest BCUT2D eigenvalue weighted by atomic mass is 9.96. The van der Waals surface area contributed by atoms with Crippen molar-refractivity contribution in [1.29, 1.82) is 0 Å². The molecule has 0 aliphatic carbocycles. The molecule has 0 fully saturated rings.